The molecule has 1 unspecified atom stereocenters. The molecule has 1 fully saturated rings. The molecule has 6 nitrogen and oxygen atoms in total. The lowest BCUT2D eigenvalue weighted by Crippen LogP contribution is -2.48. The van der Waals surface area contributed by atoms with Gasteiger partial charge in [0.05, 0.1) is 29.3 Å². The molecule has 3 N–H and O–H groups in total. The van der Waals surface area contributed by atoms with Crippen molar-refractivity contribution in [3.8, 4) is 0 Å². The Balaban J connectivity index is 1.55. The molecule has 2 atom stereocenters. The number of hydrogen-bond acceptors (Lipinski definition) is 6. The number of pyridine rings is 1. The number of hydrogen-bond donors (Lipinski definition) is 2. The van der Waals surface area contributed by atoms with E-state index in [0.29, 0.717) is 16.7 Å². The number of aromatic nitrogens is 2. The summed E-state index contributed by atoms with van der Waals surface area (Å²) in [6, 6.07) is 2.08. The first-order chi connectivity index (χ1) is 14.3. The quantitative estimate of drug-likeness (QED) is 0.716. The molecule has 0 aromatic carbocycles. The SMILES string of the molecule is C=C(Nc1cnc(C)c(C)c1)C(=O)N1C[C@H](C)CCC1C1=Cc2nc(N)sc2CC1. The minimum Gasteiger partial charge on any atom is -0.375 e. The van der Waals surface area contributed by atoms with Gasteiger partial charge in [-0.1, -0.05) is 13.5 Å². The van der Waals surface area contributed by atoms with Gasteiger partial charge < -0.3 is 16.0 Å². The number of anilines is 2. The van der Waals surface area contributed by atoms with Crippen molar-refractivity contribution in [1.82, 2.24) is 14.9 Å². The molecule has 1 amide bonds. The van der Waals surface area contributed by atoms with Gasteiger partial charge in [-0.15, -0.1) is 11.3 Å². The zero-order valence-corrected chi connectivity index (χ0v) is 18.7. The van der Waals surface area contributed by atoms with Gasteiger partial charge in [0, 0.05) is 17.1 Å². The number of nitrogens with one attached hydrogen (secondary N) is 1. The third kappa shape index (κ3) is 4.12. The van der Waals surface area contributed by atoms with E-state index in [9.17, 15) is 4.79 Å². The van der Waals surface area contributed by atoms with Gasteiger partial charge in [0.15, 0.2) is 5.13 Å². The predicted molar refractivity (Wildman–Crippen MR) is 123 cm³/mol. The van der Waals surface area contributed by atoms with Crippen molar-refractivity contribution >= 4 is 34.1 Å². The number of rotatable bonds is 4. The van der Waals surface area contributed by atoms with Crippen molar-refractivity contribution in [2.45, 2.75) is 52.5 Å². The summed E-state index contributed by atoms with van der Waals surface area (Å²) in [6.45, 7) is 11.0. The first-order valence-electron chi connectivity index (χ1n) is 10.5. The van der Waals surface area contributed by atoms with E-state index in [1.165, 1.54) is 10.5 Å². The number of nitrogens with two attached hydrogens (primary N) is 1. The van der Waals surface area contributed by atoms with Gasteiger partial charge in [0.2, 0.25) is 0 Å². The topological polar surface area (TPSA) is 84.1 Å². The van der Waals surface area contributed by atoms with Crippen LogP contribution in [0.5, 0.6) is 0 Å². The van der Waals surface area contributed by atoms with Crippen LogP contribution in [0.3, 0.4) is 0 Å². The smallest absolute Gasteiger partial charge is 0.270 e. The molecule has 0 radical (unpaired) electrons. The highest BCUT2D eigenvalue weighted by Gasteiger charge is 2.34. The first kappa shape index (κ1) is 20.6. The lowest BCUT2D eigenvalue weighted by molar-refractivity contribution is -0.130. The van der Waals surface area contributed by atoms with Crippen molar-refractivity contribution in [3.05, 3.63) is 51.9 Å². The molecule has 2 aromatic heterocycles. The van der Waals surface area contributed by atoms with Crippen molar-refractivity contribution in [3.63, 3.8) is 0 Å². The Morgan fingerprint density at radius 1 is 1.33 bits per heavy atom. The van der Waals surface area contributed by atoms with E-state index in [1.54, 1.807) is 17.5 Å². The Kier molecular flexibility index (Phi) is 5.64. The summed E-state index contributed by atoms with van der Waals surface area (Å²) in [5, 5.41) is 3.78. The van der Waals surface area contributed by atoms with E-state index in [1.807, 2.05) is 24.8 Å². The maximum Gasteiger partial charge on any atom is 0.270 e. The van der Waals surface area contributed by atoms with Crippen molar-refractivity contribution in [2.24, 2.45) is 5.92 Å². The molecule has 7 heteroatoms. The number of carbonyl (C=O) groups excluding carboxylic acids is 1. The predicted octanol–water partition coefficient (Wildman–Crippen LogP) is 4.32. The highest BCUT2D eigenvalue weighted by Crippen LogP contribution is 2.36. The van der Waals surface area contributed by atoms with Crippen LogP contribution in [-0.2, 0) is 11.2 Å². The number of nitrogens with zero attached hydrogens (tertiary/aromatic N) is 3. The molecule has 1 aliphatic heterocycles. The standard InChI is InChI=1S/C23H29N5OS/c1-13-5-7-20(17-6-8-21-19(10-17)27-23(24)30-21)28(12-13)22(29)16(4)26-18-9-14(2)15(3)25-11-18/h9-11,13,20,26H,4-8,12H2,1-3H3,(H2,24,27)/t13-,20?/m1/s1. The fourth-order valence-corrected chi connectivity index (χ4v) is 5.13. The van der Waals surface area contributed by atoms with E-state index in [2.05, 4.69) is 34.9 Å². The Labute approximate surface area is 181 Å². The summed E-state index contributed by atoms with van der Waals surface area (Å²) in [5.74, 6) is 0.422. The van der Waals surface area contributed by atoms with Crippen LogP contribution in [0.25, 0.3) is 6.08 Å². The van der Waals surface area contributed by atoms with Crippen molar-refractivity contribution in [2.75, 3.05) is 17.6 Å². The molecule has 0 bridgehead atoms. The Bertz CT molecular complexity index is 1020. The highest BCUT2D eigenvalue weighted by molar-refractivity contribution is 7.15. The number of piperidine rings is 1. The Morgan fingerprint density at radius 3 is 2.90 bits per heavy atom. The van der Waals surface area contributed by atoms with Gasteiger partial charge in [-0.25, -0.2) is 4.98 Å². The molecule has 0 spiro atoms. The average Bonchev–Trinajstić information content (AvgIpc) is 3.09. The van der Waals surface area contributed by atoms with Gasteiger partial charge >= 0.3 is 0 Å². The zero-order valence-electron chi connectivity index (χ0n) is 17.9. The normalized spacial score (nSPS) is 21.0. The number of nitrogen functional groups attached to an aromatic ring is 1. The summed E-state index contributed by atoms with van der Waals surface area (Å²) < 4.78 is 0. The van der Waals surface area contributed by atoms with Gasteiger partial charge in [-0.05, 0) is 68.7 Å². The molecule has 2 aromatic rings. The number of likely N-dealkylation sites (tertiary alicyclic amines) is 1. The van der Waals surface area contributed by atoms with Crippen molar-refractivity contribution in [1.29, 1.82) is 0 Å². The van der Waals surface area contributed by atoms with Gasteiger partial charge in [0.1, 0.15) is 0 Å². The van der Waals surface area contributed by atoms with Gasteiger partial charge in [-0.2, -0.15) is 0 Å². The van der Waals surface area contributed by atoms with Crippen LogP contribution in [0, 0.1) is 19.8 Å². The number of amides is 1. The average molecular weight is 424 g/mol. The van der Waals surface area contributed by atoms with Crippen molar-refractivity contribution < 1.29 is 4.79 Å². The molecule has 2 aliphatic rings. The Morgan fingerprint density at radius 2 is 2.13 bits per heavy atom. The summed E-state index contributed by atoms with van der Waals surface area (Å²) in [7, 11) is 0. The number of carbonyl (C=O) groups is 1. The molecule has 0 saturated carbocycles. The number of aryl methyl sites for hydroxylation is 3. The highest BCUT2D eigenvalue weighted by atomic mass is 32.1. The van der Waals surface area contributed by atoms with E-state index < -0.39 is 0 Å². The molecule has 1 aliphatic carbocycles. The maximum atomic E-state index is 13.4. The number of fused-ring (bicyclic) bond motifs is 1. The summed E-state index contributed by atoms with van der Waals surface area (Å²) in [4.78, 5) is 25.5. The van der Waals surface area contributed by atoms with Gasteiger partial charge in [-0.3, -0.25) is 9.78 Å². The second kappa shape index (κ2) is 8.22. The second-order valence-electron chi connectivity index (χ2n) is 8.47. The molecule has 1 saturated heterocycles. The van der Waals surface area contributed by atoms with Crippen LogP contribution in [0.15, 0.2) is 30.1 Å². The fraction of sp³-hybridized carbons (Fsp3) is 0.435. The lowest BCUT2D eigenvalue weighted by atomic mass is 9.85. The molecule has 158 valence electrons. The van der Waals surface area contributed by atoms with E-state index in [4.69, 9.17) is 5.73 Å². The zero-order chi connectivity index (χ0) is 21.4. The van der Waals surface area contributed by atoms with E-state index in [-0.39, 0.29) is 11.9 Å². The summed E-state index contributed by atoms with van der Waals surface area (Å²) >= 11 is 1.57. The van der Waals surface area contributed by atoms with Crippen LogP contribution in [0.1, 0.15) is 48.0 Å². The lowest BCUT2D eigenvalue weighted by Gasteiger charge is -2.41. The van der Waals surface area contributed by atoms with Crippen LogP contribution in [0.4, 0.5) is 10.8 Å². The van der Waals surface area contributed by atoms with Crippen LogP contribution in [0.2, 0.25) is 0 Å². The maximum absolute atomic E-state index is 13.4. The Hall–Kier alpha value is -2.67. The first-order valence-corrected chi connectivity index (χ1v) is 11.3. The molecule has 30 heavy (non-hydrogen) atoms. The molecular formula is C23H29N5OS. The van der Waals surface area contributed by atoms with E-state index in [0.717, 1.165) is 54.9 Å². The van der Waals surface area contributed by atoms with E-state index >= 15 is 0 Å². The fourth-order valence-electron chi connectivity index (χ4n) is 4.32. The van der Waals surface area contributed by atoms with Crippen LogP contribution in [-0.4, -0.2) is 33.4 Å². The third-order valence-electron chi connectivity index (χ3n) is 6.11. The second-order valence-corrected chi connectivity index (χ2v) is 9.58. The van der Waals surface area contributed by atoms with Gasteiger partial charge in [0.25, 0.3) is 5.91 Å². The van der Waals surface area contributed by atoms with Crippen LogP contribution >= 0.6 is 11.3 Å². The summed E-state index contributed by atoms with van der Waals surface area (Å²) in [6.07, 6.45) is 7.85. The largest absolute Gasteiger partial charge is 0.375 e. The van der Waals surface area contributed by atoms with Crippen LogP contribution < -0.4 is 11.1 Å². The number of thiazole rings is 1. The molecule has 3 heterocycles. The molecule has 4 rings (SSSR count). The minimum atomic E-state index is -0.0470. The molecular weight excluding hydrogens is 394 g/mol. The minimum absolute atomic E-state index is 0.0470. The third-order valence-corrected chi connectivity index (χ3v) is 7.07. The monoisotopic (exact) mass is 423 g/mol. The summed E-state index contributed by atoms with van der Waals surface area (Å²) in [5.41, 5.74) is 11.4.